The molecule has 8 heteroatoms. The van der Waals surface area contributed by atoms with Gasteiger partial charge in [-0.05, 0) is 88.6 Å². The van der Waals surface area contributed by atoms with Crippen molar-refractivity contribution >= 4 is 11.9 Å². The van der Waals surface area contributed by atoms with Crippen molar-refractivity contribution < 1.29 is 23.8 Å². The molecule has 0 aromatic heterocycles. The molecule has 8 nitrogen and oxygen atoms in total. The van der Waals surface area contributed by atoms with Gasteiger partial charge in [0.2, 0.25) is 0 Å². The van der Waals surface area contributed by atoms with E-state index in [1.807, 2.05) is 0 Å². The standard InChI is InChI=1S/C54H99N3O5/c1-5-8-11-14-18-25-32-52(33-26-19-15-12-9-6-2)62-54(59)35-28-21-17-23-30-41-55(40-29-22-16-20-27-34-53(58)61-48-31-24-13-10-7-3)42-43-56-44-46-57(47-45-56)49-50-36-38-51(60-4)39-37-50/h36-39,52H,5-35,40-49H2,1-4H3. The van der Waals surface area contributed by atoms with E-state index in [-0.39, 0.29) is 18.0 Å². The molecule has 1 aromatic rings. The maximum Gasteiger partial charge on any atom is 0.306 e. The lowest BCUT2D eigenvalue weighted by molar-refractivity contribution is -0.150. The van der Waals surface area contributed by atoms with Crippen molar-refractivity contribution in [3.8, 4) is 5.75 Å². The van der Waals surface area contributed by atoms with Crippen LogP contribution in [0.2, 0.25) is 0 Å². The lowest BCUT2D eigenvalue weighted by Crippen LogP contribution is -2.48. The molecule has 1 saturated heterocycles. The summed E-state index contributed by atoms with van der Waals surface area (Å²) >= 11 is 0. The molecule has 1 aliphatic heterocycles. The minimum atomic E-state index is -0.0144. The van der Waals surface area contributed by atoms with Crippen molar-refractivity contribution in [1.82, 2.24) is 14.7 Å². The Morgan fingerprint density at radius 1 is 0.532 bits per heavy atom. The van der Waals surface area contributed by atoms with Crippen molar-refractivity contribution in [1.29, 1.82) is 0 Å². The smallest absolute Gasteiger partial charge is 0.306 e. The molecule has 0 spiro atoms. The molecule has 1 heterocycles. The quantitative estimate of drug-likeness (QED) is 0.0475. The second-order valence-electron chi connectivity index (χ2n) is 18.7. The van der Waals surface area contributed by atoms with E-state index in [2.05, 4.69) is 59.7 Å². The zero-order valence-corrected chi connectivity index (χ0v) is 41.3. The Morgan fingerprint density at radius 2 is 0.984 bits per heavy atom. The number of ether oxygens (including phenoxy) is 3. The molecule has 0 aliphatic carbocycles. The molecule has 0 saturated carbocycles. The van der Waals surface area contributed by atoms with Crippen LogP contribution in [0.25, 0.3) is 0 Å². The normalized spacial score (nSPS) is 13.6. The van der Waals surface area contributed by atoms with Crippen molar-refractivity contribution in [2.45, 2.75) is 232 Å². The molecule has 2 rings (SSSR count). The number of esters is 2. The third-order valence-corrected chi connectivity index (χ3v) is 13.0. The van der Waals surface area contributed by atoms with Crippen LogP contribution in [0.5, 0.6) is 5.75 Å². The Labute approximate surface area is 383 Å². The van der Waals surface area contributed by atoms with Gasteiger partial charge in [-0.1, -0.05) is 161 Å². The lowest BCUT2D eigenvalue weighted by Gasteiger charge is -2.36. The fraction of sp³-hybridized carbons (Fsp3) is 0.852. The third kappa shape index (κ3) is 31.6. The van der Waals surface area contributed by atoms with Gasteiger partial charge in [0.25, 0.3) is 0 Å². The zero-order valence-electron chi connectivity index (χ0n) is 41.3. The van der Waals surface area contributed by atoms with Crippen molar-refractivity contribution in [3.63, 3.8) is 0 Å². The zero-order chi connectivity index (χ0) is 44.6. The summed E-state index contributed by atoms with van der Waals surface area (Å²) in [7, 11) is 1.72. The van der Waals surface area contributed by atoms with Crippen LogP contribution in [0.3, 0.4) is 0 Å². The third-order valence-electron chi connectivity index (χ3n) is 13.0. The highest BCUT2D eigenvalue weighted by atomic mass is 16.5. The molecule has 0 radical (unpaired) electrons. The number of hydrogen-bond donors (Lipinski definition) is 0. The van der Waals surface area contributed by atoms with E-state index in [1.54, 1.807) is 7.11 Å². The first-order chi connectivity index (χ1) is 30.5. The van der Waals surface area contributed by atoms with Crippen LogP contribution in [0, 0.1) is 0 Å². The van der Waals surface area contributed by atoms with E-state index < -0.39 is 0 Å². The van der Waals surface area contributed by atoms with Crippen molar-refractivity contribution in [3.05, 3.63) is 29.8 Å². The Kier molecular flexibility index (Phi) is 36.4. The first-order valence-corrected chi connectivity index (χ1v) is 26.6. The van der Waals surface area contributed by atoms with Gasteiger partial charge in [-0.15, -0.1) is 0 Å². The van der Waals surface area contributed by atoms with Crippen LogP contribution >= 0.6 is 0 Å². The lowest BCUT2D eigenvalue weighted by atomic mass is 10.0. The molecule has 62 heavy (non-hydrogen) atoms. The van der Waals surface area contributed by atoms with Crippen LogP contribution in [0.4, 0.5) is 0 Å². The van der Waals surface area contributed by atoms with E-state index in [0.29, 0.717) is 19.4 Å². The number of methoxy groups -OCH3 is 1. The second-order valence-corrected chi connectivity index (χ2v) is 18.7. The molecule has 0 bridgehead atoms. The minimum absolute atomic E-state index is 0.0144. The van der Waals surface area contributed by atoms with Gasteiger partial charge >= 0.3 is 11.9 Å². The maximum absolute atomic E-state index is 12.9. The number of carbonyl (C=O) groups is 2. The van der Waals surface area contributed by atoms with Crippen molar-refractivity contribution in [2.75, 3.05) is 66.1 Å². The van der Waals surface area contributed by atoms with E-state index in [9.17, 15) is 9.59 Å². The summed E-state index contributed by atoms with van der Waals surface area (Å²) in [4.78, 5) is 33.0. The highest BCUT2D eigenvalue weighted by Crippen LogP contribution is 2.19. The SMILES string of the molecule is CCCCCCCCC(CCCCCCCC)OC(=O)CCCCCCCN(CCCCCCCC(=O)OCCCCCCC)CCN1CCN(Cc2ccc(OC)cc2)CC1. The highest BCUT2D eigenvalue weighted by Gasteiger charge is 2.18. The van der Waals surface area contributed by atoms with E-state index in [0.717, 1.165) is 116 Å². The number of unbranched alkanes of at least 4 members (excludes halogenated alkanes) is 22. The van der Waals surface area contributed by atoms with Gasteiger partial charge in [0.1, 0.15) is 11.9 Å². The Balaban J connectivity index is 1.70. The van der Waals surface area contributed by atoms with Crippen LogP contribution in [-0.4, -0.2) is 98.8 Å². The molecular weight excluding hydrogens is 771 g/mol. The molecule has 0 amide bonds. The predicted octanol–water partition coefficient (Wildman–Crippen LogP) is 13.7. The van der Waals surface area contributed by atoms with Gasteiger partial charge in [0.15, 0.2) is 0 Å². The number of hydrogen-bond acceptors (Lipinski definition) is 8. The molecule has 1 aromatic carbocycles. The first kappa shape index (κ1) is 56.0. The largest absolute Gasteiger partial charge is 0.497 e. The van der Waals surface area contributed by atoms with Gasteiger partial charge in [0, 0.05) is 58.7 Å². The average molecular weight is 870 g/mol. The van der Waals surface area contributed by atoms with E-state index >= 15 is 0 Å². The molecule has 1 aliphatic rings. The molecule has 360 valence electrons. The molecule has 1 fully saturated rings. The number of nitrogens with zero attached hydrogens (tertiary/aromatic N) is 3. The highest BCUT2D eigenvalue weighted by molar-refractivity contribution is 5.69. The summed E-state index contributed by atoms with van der Waals surface area (Å²) in [6.45, 7) is 17.4. The summed E-state index contributed by atoms with van der Waals surface area (Å²) in [5.41, 5.74) is 1.35. The van der Waals surface area contributed by atoms with Crippen molar-refractivity contribution in [2.24, 2.45) is 0 Å². The van der Waals surface area contributed by atoms with Gasteiger partial charge in [-0.2, -0.15) is 0 Å². The number of piperazine rings is 1. The molecule has 0 atom stereocenters. The predicted molar refractivity (Wildman–Crippen MR) is 262 cm³/mol. The second kappa shape index (κ2) is 40.4. The van der Waals surface area contributed by atoms with Gasteiger partial charge < -0.3 is 19.1 Å². The average Bonchev–Trinajstić information content (AvgIpc) is 3.28. The number of carbonyl (C=O) groups excluding carboxylic acids is 2. The fourth-order valence-corrected chi connectivity index (χ4v) is 8.82. The summed E-state index contributed by atoms with van der Waals surface area (Å²) in [6, 6.07) is 8.51. The first-order valence-electron chi connectivity index (χ1n) is 26.6. The van der Waals surface area contributed by atoms with Crippen LogP contribution in [0.15, 0.2) is 24.3 Å². The van der Waals surface area contributed by atoms with Crippen LogP contribution < -0.4 is 4.74 Å². The summed E-state index contributed by atoms with van der Waals surface area (Å²) in [5, 5.41) is 0. The number of rotatable bonds is 43. The van der Waals surface area contributed by atoms with E-state index in [4.69, 9.17) is 14.2 Å². The number of benzene rings is 1. The molecular formula is C54H99N3O5. The minimum Gasteiger partial charge on any atom is -0.497 e. The van der Waals surface area contributed by atoms with Gasteiger partial charge in [-0.25, -0.2) is 0 Å². The summed E-state index contributed by atoms with van der Waals surface area (Å²) in [6.07, 6.45) is 36.1. The van der Waals surface area contributed by atoms with Gasteiger partial charge in [0.05, 0.1) is 13.7 Å². The van der Waals surface area contributed by atoms with Crippen LogP contribution in [0.1, 0.15) is 225 Å². The Bertz CT molecular complexity index is 1140. The molecule has 0 N–H and O–H groups in total. The monoisotopic (exact) mass is 870 g/mol. The van der Waals surface area contributed by atoms with E-state index in [1.165, 1.54) is 140 Å². The topological polar surface area (TPSA) is 71.6 Å². The maximum atomic E-state index is 12.9. The fourth-order valence-electron chi connectivity index (χ4n) is 8.82. The Hall–Kier alpha value is -2.16. The summed E-state index contributed by atoms with van der Waals surface area (Å²) in [5.74, 6) is 0.939. The summed E-state index contributed by atoms with van der Waals surface area (Å²) < 4.78 is 16.9. The molecule has 0 unspecified atom stereocenters. The van der Waals surface area contributed by atoms with Crippen LogP contribution in [-0.2, 0) is 25.6 Å². The Morgan fingerprint density at radius 3 is 1.52 bits per heavy atom. The van der Waals surface area contributed by atoms with Gasteiger partial charge in [-0.3, -0.25) is 19.4 Å².